The normalized spacial score (nSPS) is 10.9. The van der Waals surface area contributed by atoms with E-state index in [2.05, 4.69) is 29.8 Å². The molecular formula is C18H19BrO2. The van der Waals surface area contributed by atoms with Gasteiger partial charge in [-0.2, -0.15) is 0 Å². The molecule has 2 aromatic carbocycles. The van der Waals surface area contributed by atoms with E-state index in [9.17, 15) is 4.79 Å². The quantitative estimate of drug-likeness (QED) is 0.690. The Hall–Kier alpha value is -1.45. The summed E-state index contributed by atoms with van der Waals surface area (Å²) in [7, 11) is 0. The lowest BCUT2D eigenvalue weighted by molar-refractivity contribution is 0.0726. The van der Waals surface area contributed by atoms with Crippen molar-refractivity contribution in [3.63, 3.8) is 0 Å². The molecule has 0 bridgehead atoms. The summed E-state index contributed by atoms with van der Waals surface area (Å²) in [6, 6.07) is 15.6. The van der Waals surface area contributed by atoms with E-state index in [1.165, 1.54) is 5.56 Å². The monoisotopic (exact) mass is 346 g/mol. The van der Waals surface area contributed by atoms with Gasteiger partial charge >= 0.3 is 0 Å². The van der Waals surface area contributed by atoms with Crippen molar-refractivity contribution in [1.82, 2.24) is 0 Å². The molecule has 0 atom stereocenters. The van der Waals surface area contributed by atoms with Crippen LogP contribution in [0, 0.1) is 0 Å². The highest BCUT2D eigenvalue weighted by Crippen LogP contribution is 2.15. The van der Waals surface area contributed by atoms with Crippen LogP contribution in [0.25, 0.3) is 0 Å². The zero-order valence-electron chi connectivity index (χ0n) is 12.3. The van der Waals surface area contributed by atoms with Gasteiger partial charge in [-0.15, -0.1) is 0 Å². The minimum atomic E-state index is 0.0161. The molecule has 0 heterocycles. The Morgan fingerprint density at radius 1 is 1.05 bits per heavy atom. The van der Waals surface area contributed by atoms with Crippen molar-refractivity contribution >= 4 is 21.7 Å². The van der Waals surface area contributed by atoms with Crippen molar-refractivity contribution in [3.8, 4) is 0 Å². The number of rotatable bonds is 6. The third-order valence-corrected chi connectivity index (χ3v) is 3.84. The second-order valence-corrected chi connectivity index (χ2v) is 6.23. The highest BCUT2D eigenvalue weighted by molar-refractivity contribution is 9.10. The summed E-state index contributed by atoms with van der Waals surface area (Å²) < 4.78 is 6.52. The number of hydrogen-bond donors (Lipinski definition) is 0. The topological polar surface area (TPSA) is 26.3 Å². The molecular weight excluding hydrogens is 328 g/mol. The van der Waals surface area contributed by atoms with Crippen molar-refractivity contribution in [1.29, 1.82) is 0 Å². The van der Waals surface area contributed by atoms with E-state index >= 15 is 0 Å². The van der Waals surface area contributed by atoms with Crippen molar-refractivity contribution in [2.45, 2.75) is 26.4 Å². The van der Waals surface area contributed by atoms with Crippen LogP contribution in [0.15, 0.2) is 53.0 Å². The van der Waals surface area contributed by atoms with Crippen molar-refractivity contribution in [2.75, 3.05) is 6.61 Å². The van der Waals surface area contributed by atoms with Crippen LogP contribution in [0.5, 0.6) is 0 Å². The standard InChI is InChI=1S/C18H19BrO2/c1-13(2)15-5-7-16(8-6-15)18(20)12-21-11-14-3-9-17(19)10-4-14/h3-10,13H,11-12H2,1-2H3. The second kappa shape index (κ2) is 7.53. The van der Waals surface area contributed by atoms with Crippen LogP contribution in [-0.4, -0.2) is 12.4 Å². The first-order valence-electron chi connectivity index (χ1n) is 7.01. The Morgan fingerprint density at radius 2 is 1.67 bits per heavy atom. The van der Waals surface area contributed by atoms with Gasteiger partial charge in [0.05, 0.1) is 6.61 Å². The van der Waals surface area contributed by atoms with E-state index < -0.39 is 0 Å². The molecule has 2 rings (SSSR count). The molecule has 0 fully saturated rings. The zero-order valence-corrected chi connectivity index (χ0v) is 13.9. The Balaban J connectivity index is 1.85. The summed E-state index contributed by atoms with van der Waals surface area (Å²) in [5.74, 6) is 0.491. The van der Waals surface area contributed by atoms with Crippen LogP contribution in [0.3, 0.4) is 0 Å². The third-order valence-electron chi connectivity index (χ3n) is 3.31. The molecule has 3 heteroatoms. The number of carbonyl (C=O) groups excluding carboxylic acids is 1. The molecule has 0 aliphatic carbocycles. The first kappa shape index (κ1) is 15.9. The predicted octanol–water partition coefficient (Wildman–Crippen LogP) is 4.97. The molecule has 0 saturated heterocycles. The summed E-state index contributed by atoms with van der Waals surface area (Å²) >= 11 is 3.39. The summed E-state index contributed by atoms with van der Waals surface area (Å²) in [6.45, 7) is 4.83. The summed E-state index contributed by atoms with van der Waals surface area (Å²) in [6.07, 6.45) is 0. The summed E-state index contributed by atoms with van der Waals surface area (Å²) in [4.78, 5) is 12.0. The SMILES string of the molecule is CC(C)c1ccc(C(=O)COCc2ccc(Br)cc2)cc1. The van der Waals surface area contributed by atoms with E-state index in [1.807, 2.05) is 48.5 Å². The van der Waals surface area contributed by atoms with Gasteiger partial charge in [0.2, 0.25) is 0 Å². The number of ketones is 1. The molecule has 0 spiro atoms. The molecule has 0 amide bonds. The number of Topliss-reactive ketones (excluding diaryl/α,β-unsaturated/α-hetero) is 1. The molecule has 2 aromatic rings. The van der Waals surface area contributed by atoms with Crippen LogP contribution in [0.1, 0.15) is 41.3 Å². The Morgan fingerprint density at radius 3 is 2.24 bits per heavy atom. The molecule has 2 nitrogen and oxygen atoms in total. The molecule has 0 aliphatic rings. The highest BCUT2D eigenvalue weighted by atomic mass is 79.9. The number of benzene rings is 2. The van der Waals surface area contributed by atoms with Gasteiger partial charge in [0.25, 0.3) is 0 Å². The maximum Gasteiger partial charge on any atom is 0.188 e. The fraction of sp³-hybridized carbons (Fsp3) is 0.278. The lowest BCUT2D eigenvalue weighted by atomic mass is 10.0. The minimum Gasteiger partial charge on any atom is -0.369 e. The number of ether oxygens (including phenoxy) is 1. The molecule has 110 valence electrons. The van der Waals surface area contributed by atoms with Crippen molar-refractivity contribution < 1.29 is 9.53 Å². The van der Waals surface area contributed by atoms with E-state index in [0.29, 0.717) is 18.1 Å². The largest absolute Gasteiger partial charge is 0.369 e. The third kappa shape index (κ3) is 4.80. The average molecular weight is 347 g/mol. The van der Waals surface area contributed by atoms with Gasteiger partial charge in [-0.05, 0) is 29.2 Å². The molecule has 21 heavy (non-hydrogen) atoms. The smallest absolute Gasteiger partial charge is 0.188 e. The first-order valence-corrected chi connectivity index (χ1v) is 7.81. The van der Waals surface area contributed by atoms with E-state index in [0.717, 1.165) is 10.0 Å². The fourth-order valence-corrected chi connectivity index (χ4v) is 2.24. The maximum atomic E-state index is 12.0. The Labute approximate surface area is 134 Å². The first-order chi connectivity index (χ1) is 10.1. The van der Waals surface area contributed by atoms with Crippen LogP contribution >= 0.6 is 15.9 Å². The molecule has 0 N–H and O–H groups in total. The highest BCUT2D eigenvalue weighted by Gasteiger charge is 2.07. The van der Waals surface area contributed by atoms with Crippen LogP contribution in [0.2, 0.25) is 0 Å². The molecule has 0 unspecified atom stereocenters. The fourth-order valence-electron chi connectivity index (χ4n) is 1.98. The maximum absolute atomic E-state index is 12.0. The summed E-state index contributed by atoms with van der Waals surface area (Å²) in [5, 5.41) is 0. The Kier molecular flexibility index (Phi) is 5.71. The predicted molar refractivity (Wildman–Crippen MR) is 88.7 cm³/mol. The average Bonchev–Trinajstić information content (AvgIpc) is 2.49. The van der Waals surface area contributed by atoms with E-state index in [1.54, 1.807) is 0 Å². The molecule has 0 radical (unpaired) electrons. The number of hydrogen-bond acceptors (Lipinski definition) is 2. The van der Waals surface area contributed by atoms with Gasteiger partial charge in [-0.3, -0.25) is 4.79 Å². The summed E-state index contributed by atoms with van der Waals surface area (Å²) in [5.41, 5.74) is 3.00. The van der Waals surface area contributed by atoms with Crippen LogP contribution in [0.4, 0.5) is 0 Å². The lowest BCUT2D eigenvalue weighted by Crippen LogP contribution is -2.09. The Bertz CT molecular complexity index is 586. The van der Waals surface area contributed by atoms with Gasteiger partial charge in [-0.25, -0.2) is 0 Å². The molecule has 0 saturated carbocycles. The second-order valence-electron chi connectivity index (χ2n) is 5.32. The van der Waals surface area contributed by atoms with Crippen molar-refractivity contribution in [3.05, 3.63) is 69.7 Å². The van der Waals surface area contributed by atoms with Crippen LogP contribution in [-0.2, 0) is 11.3 Å². The van der Waals surface area contributed by atoms with Gasteiger partial charge < -0.3 is 4.74 Å². The van der Waals surface area contributed by atoms with Gasteiger partial charge in [-0.1, -0.05) is 66.2 Å². The zero-order chi connectivity index (χ0) is 15.2. The van der Waals surface area contributed by atoms with Gasteiger partial charge in [0, 0.05) is 10.0 Å². The van der Waals surface area contributed by atoms with Gasteiger partial charge in [0.1, 0.15) is 6.61 Å². The van der Waals surface area contributed by atoms with E-state index in [-0.39, 0.29) is 12.4 Å². The number of halogens is 1. The van der Waals surface area contributed by atoms with E-state index in [4.69, 9.17) is 4.74 Å². The van der Waals surface area contributed by atoms with Crippen molar-refractivity contribution in [2.24, 2.45) is 0 Å². The molecule has 0 aliphatic heterocycles. The van der Waals surface area contributed by atoms with Gasteiger partial charge in [0.15, 0.2) is 5.78 Å². The van der Waals surface area contributed by atoms with Crippen LogP contribution < -0.4 is 0 Å². The lowest BCUT2D eigenvalue weighted by Gasteiger charge is -2.07. The number of carbonyl (C=O) groups is 1. The molecule has 0 aromatic heterocycles. The minimum absolute atomic E-state index is 0.0161.